The molecule has 1 aliphatic rings. The molecule has 0 aromatic rings. The number of carbonyl (C=O) groups is 2. The monoisotopic (exact) mass is 368 g/mol. The molecule has 0 aromatic heterocycles. The zero-order valence-electron chi connectivity index (χ0n) is 16.3. The number of aliphatic hydroxyl groups excluding tert-OH is 1. The quantitative estimate of drug-likeness (QED) is 0.339. The third-order valence-corrected chi connectivity index (χ3v) is 5.35. The SMILES string of the molecule is CCCCCC(C)(O)C=C[C@H]1[C@H](O)CC(=O)[C@@H]1CCCCCCC(=O)O. The lowest BCUT2D eigenvalue weighted by molar-refractivity contribution is -0.137. The van der Waals surface area contributed by atoms with Crippen LogP contribution in [0.3, 0.4) is 0 Å². The third-order valence-electron chi connectivity index (χ3n) is 5.35. The van der Waals surface area contributed by atoms with Gasteiger partial charge in [0.2, 0.25) is 0 Å². The highest BCUT2D eigenvalue weighted by Crippen LogP contribution is 2.35. The first kappa shape index (κ1) is 22.8. The number of carboxylic acids is 1. The number of Topliss-reactive ketones (excluding diaryl/α,β-unsaturated/α-hetero) is 1. The van der Waals surface area contributed by atoms with Gasteiger partial charge in [-0.05, 0) is 26.2 Å². The summed E-state index contributed by atoms with van der Waals surface area (Å²) in [6, 6.07) is 0. The summed E-state index contributed by atoms with van der Waals surface area (Å²) >= 11 is 0. The molecule has 0 amide bonds. The summed E-state index contributed by atoms with van der Waals surface area (Å²) in [7, 11) is 0. The van der Waals surface area contributed by atoms with E-state index < -0.39 is 17.7 Å². The van der Waals surface area contributed by atoms with Gasteiger partial charge in [0, 0.05) is 24.7 Å². The predicted molar refractivity (Wildman–Crippen MR) is 102 cm³/mol. The molecule has 1 fully saturated rings. The van der Waals surface area contributed by atoms with Crippen LogP contribution < -0.4 is 0 Å². The second-order valence-corrected chi connectivity index (χ2v) is 7.94. The molecular formula is C21H36O5. The number of rotatable bonds is 13. The van der Waals surface area contributed by atoms with E-state index in [1.54, 1.807) is 13.0 Å². The van der Waals surface area contributed by atoms with Gasteiger partial charge in [0.15, 0.2) is 0 Å². The number of carbonyl (C=O) groups excluding carboxylic acids is 1. The van der Waals surface area contributed by atoms with Crippen LogP contribution in [-0.2, 0) is 9.59 Å². The van der Waals surface area contributed by atoms with Crippen LogP contribution in [0.25, 0.3) is 0 Å². The molecule has 5 heteroatoms. The topological polar surface area (TPSA) is 94.8 Å². The van der Waals surface area contributed by atoms with Gasteiger partial charge in [-0.3, -0.25) is 9.59 Å². The standard InChI is InChI=1S/C21H36O5/c1-3-4-9-13-21(2,26)14-12-17-16(18(22)15-19(17)23)10-7-5-6-8-11-20(24)25/h12,14,16-17,19,23,26H,3-11,13,15H2,1-2H3,(H,24,25)/t16-,17-,19-,21?/m1/s1. The minimum Gasteiger partial charge on any atom is -0.481 e. The normalized spacial score (nSPS) is 25.7. The lowest BCUT2D eigenvalue weighted by atomic mass is 9.87. The molecule has 1 rings (SSSR count). The molecule has 150 valence electrons. The fourth-order valence-corrected chi connectivity index (χ4v) is 3.72. The molecule has 0 heterocycles. The Balaban J connectivity index is 2.49. The zero-order valence-corrected chi connectivity index (χ0v) is 16.3. The summed E-state index contributed by atoms with van der Waals surface area (Å²) < 4.78 is 0. The molecule has 0 aliphatic heterocycles. The number of aliphatic carboxylic acids is 1. The van der Waals surface area contributed by atoms with Crippen LogP contribution in [0.4, 0.5) is 0 Å². The van der Waals surface area contributed by atoms with E-state index >= 15 is 0 Å². The van der Waals surface area contributed by atoms with Crippen molar-refractivity contribution in [2.75, 3.05) is 0 Å². The summed E-state index contributed by atoms with van der Waals surface area (Å²) in [5.74, 6) is -1.08. The highest BCUT2D eigenvalue weighted by Gasteiger charge is 2.39. The van der Waals surface area contributed by atoms with Crippen LogP contribution in [0, 0.1) is 11.8 Å². The molecule has 4 atom stereocenters. The number of carboxylic acid groups (broad SMARTS) is 1. The predicted octanol–water partition coefficient (Wildman–Crippen LogP) is 3.87. The zero-order chi connectivity index (χ0) is 19.6. The van der Waals surface area contributed by atoms with Crippen molar-refractivity contribution in [3.8, 4) is 0 Å². The molecule has 3 N–H and O–H groups in total. The Hall–Kier alpha value is -1.20. The van der Waals surface area contributed by atoms with E-state index in [2.05, 4.69) is 6.92 Å². The average molecular weight is 369 g/mol. The Morgan fingerprint density at radius 1 is 1.19 bits per heavy atom. The molecule has 5 nitrogen and oxygen atoms in total. The van der Waals surface area contributed by atoms with Crippen LogP contribution in [-0.4, -0.2) is 38.8 Å². The van der Waals surface area contributed by atoms with Crippen molar-refractivity contribution in [3.63, 3.8) is 0 Å². The lowest BCUT2D eigenvalue weighted by Crippen LogP contribution is -2.23. The molecule has 1 unspecified atom stereocenters. The van der Waals surface area contributed by atoms with E-state index in [-0.39, 0.29) is 30.5 Å². The first-order valence-electron chi connectivity index (χ1n) is 10.1. The van der Waals surface area contributed by atoms with Gasteiger partial charge in [0.25, 0.3) is 0 Å². The lowest BCUT2D eigenvalue weighted by Gasteiger charge is -2.22. The molecule has 0 bridgehead atoms. The maximum absolute atomic E-state index is 12.2. The van der Waals surface area contributed by atoms with E-state index in [1.807, 2.05) is 6.08 Å². The van der Waals surface area contributed by atoms with E-state index in [4.69, 9.17) is 5.11 Å². The average Bonchev–Trinajstić information content (AvgIpc) is 2.82. The summed E-state index contributed by atoms with van der Waals surface area (Å²) in [4.78, 5) is 22.7. The van der Waals surface area contributed by atoms with Gasteiger partial charge < -0.3 is 15.3 Å². The van der Waals surface area contributed by atoms with Crippen molar-refractivity contribution in [3.05, 3.63) is 12.2 Å². The number of unbranched alkanes of at least 4 members (excludes halogenated alkanes) is 5. The number of hydrogen-bond acceptors (Lipinski definition) is 4. The van der Waals surface area contributed by atoms with Crippen LogP contribution in [0.5, 0.6) is 0 Å². The summed E-state index contributed by atoms with van der Waals surface area (Å²) in [6.07, 6.45) is 11.1. The Kier molecular flexibility index (Phi) is 10.1. The van der Waals surface area contributed by atoms with Crippen LogP contribution in [0.15, 0.2) is 12.2 Å². The van der Waals surface area contributed by atoms with E-state index in [0.717, 1.165) is 44.9 Å². The van der Waals surface area contributed by atoms with Crippen molar-refractivity contribution < 1.29 is 24.9 Å². The molecule has 0 saturated heterocycles. The molecule has 1 aliphatic carbocycles. The highest BCUT2D eigenvalue weighted by molar-refractivity contribution is 5.84. The van der Waals surface area contributed by atoms with E-state index in [9.17, 15) is 19.8 Å². The molecule has 1 saturated carbocycles. The molecule has 26 heavy (non-hydrogen) atoms. The van der Waals surface area contributed by atoms with Crippen molar-refractivity contribution in [2.24, 2.45) is 11.8 Å². The minimum absolute atomic E-state index is 0.100. The molecule has 0 radical (unpaired) electrons. The van der Waals surface area contributed by atoms with Crippen molar-refractivity contribution in [2.45, 2.75) is 96.2 Å². The summed E-state index contributed by atoms with van der Waals surface area (Å²) in [5.41, 5.74) is -0.901. The Morgan fingerprint density at radius 3 is 2.54 bits per heavy atom. The van der Waals surface area contributed by atoms with Crippen molar-refractivity contribution in [1.29, 1.82) is 0 Å². The van der Waals surface area contributed by atoms with Gasteiger partial charge in [-0.25, -0.2) is 0 Å². The van der Waals surface area contributed by atoms with Gasteiger partial charge in [0.05, 0.1) is 11.7 Å². The number of hydrogen-bond donors (Lipinski definition) is 3. The molecule has 0 aromatic carbocycles. The summed E-state index contributed by atoms with van der Waals surface area (Å²) in [5, 5.41) is 29.3. The van der Waals surface area contributed by atoms with Crippen LogP contribution in [0.2, 0.25) is 0 Å². The van der Waals surface area contributed by atoms with E-state index in [0.29, 0.717) is 12.8 Å². The Morgan fingerprint density at radius 2 is 1.88 bits per heavy atom. The van der Waals surface area contributed by atoms with Gasteiger partial charge in [-0.15, -0.1) is 0 Å². The van der Waals surface area contributed by atoms with Gasteiger partial charge in [0.1, 0.15) is 5.78 Å². The van der Waals surface area contributed by atoms with Crippen LogP contribution >= 0.6 is 0 Å². The second kappa shape index (κ2) is 11.5. The van der Waals surface area contributed by atoms with Crippen molar-refractivity contribution in [1.82, 2.24) is 0 Å². The maximum atomic E-state index is 12.2. The fourth-order valence-electron chi connectivity index (χ4n) is 3.72. The fraction of sp³-hybridized carbons (Fsp3) is 0.810. The van der Waals surface area contributed by atoms with Gasteiger partial charge >= 0.3 is 5.97 Å². The molecular weight excluding hydrogens is 332 g/mol. The molecule has 0 spiro atoms. The number of ketones is 1. The maximum Gasteiger partial charge on any atom is 0.303 e. The first-order chi connectivity index (χ1) is 12.3. The van der Waals surface area contributed by atoms with Crippen molar-refractivity contribution >= 4 is 11.8 Å². The smallest absolute Gasteiger partial charge is 0.303 e. The third kappa shape index (κ3) is 8.45. The number of aliphatic hydroxyl groups is 2. The van der Waals surface area contributed by atoms with Crippen LogP contribution in [0.1, 0.15) is 84.5 Å². The summed E-state index contributed by atoms with van der Waals surface area (Å²) in [6.45, 7) is 3.90. The second-order valence-electron chi connectivity index (χ2n) is 7.94. The minimum atomic E-state index is -0.901. The van der Waals surface area contributed by atoms with Gasteiger partial charge in [-0.2, -0.15) is 0 Å². The van der Waals surface area contributed by atoms with Gasteiger partial charge in [-0.1, -0.05) is 57.6 Å². The van der Waals surface area contributed by atoms with E-state index in [1.165, 1.54) is 0 Å². The highest BCUT2D eigenvalue weighted by atomic mass is 16.4. The first-order valence-corrected chi connectivity index (χ1v) is 10.1. The Labute approximate surface area is 157 Å². The largest absolute Gasteiger partial charge is 0.481 e. The Bertz CT molecular complexity index is 469.